The van der Waals surface area contributed by atoms with E-state index in [9.17, 15) is 13.2 Å². The maximum absolute atomic E-state index is 12.6. The maximum atomic E-state index is 12.6. The number of amides is 1. The van der Waals surface area contributed by atoms with Gasteiger partial charge < -0.3 is 15.0 Å². The molecule has 1 aromatic heterocycles. The summed E-state index contributed by atoms with van der Waals surface area (Å²) in [5.41, 5.74) is 4.67. The summed E-state index contributed by atoms with van der Waals surface area (Å²) in [7, 11) is -1.63. The van der Waals surface area contributed by atoms with Crippen LogP contribution in [0, 0.1) is 0 Å². The number of H-pyrrole nitrogens is 1. The molecule has 32 heavy (non-hydrogen) atoms. The first-order chi connectivity index (χ1) is 15.3. The number of aryl methyl sites for hydroxylation is 1. The van der Waals surface area contributed by atoms with Crippen LogP contribution in [0.1, 0.15) is 12.0 Å². The average Bonchev–Trinajstić information content (AvgIpc) is 3.16. The highest BCUT2D eigenvalue weighted by Gasteiger charge is 2.15. The molecule has 0 aliphatic carbocycles. The van der Waals surface area contributed by atoms with Gasteiger partial charge in [-0.3, -0.25) is 4.79 Å². The van der Waals surface area contributed by atoms with Crippen molar-refractivity contribution in [1.29, 1.82) is 0 Å². The summed E-state index contributed by atoms with van der Waals surface area (Å²) >= 11 is 0. The van der Waals surface area contributed by atoms with Gasteiger partial charge in [0.05, 0.1) is 12.0 Å². The summed E-state index contributed by atoms with van der Waals surface area (Å²) in [4.78, 5) is 16.3. The Labute approximate surface area is 187 Å². The van der Waals surface area contributed by atoms with Gasteiger partial charge in [0.15, 0.2) is 9.84 Å². The number of methoxy groups -OCH3 is 1. The highest BCUT2D eigenvalue weighted by atomic mass is 32.2. The number of rotatable bonds is 7. The van der Waals surface area contributed by atoms with Crippen molar-refractivity contribution < 1.29 is 17.9 Å². The van der Waals surface area contributed by atoms with E-state index in [2.05, 4.69) is 16.4 Å². The molecular formula is C25H24N2O4S. The lowest BCUT2D eigenvalue weighted by molar-refractivity contribution is -0.116. The molecule has 2 N–H and O–H groups in total. The van der Waals surface area contributed by atoms with E-state index in [1.807, 2.05) is 42.5 Å². The van der Waals surface area contributed by atoms with Crippen LogP contribution in [0.5, 0.6) is 5.75 Å². The van der Waals surface area contributed by atoms with E-state index in [4.69, 9.17) is 4.74 Å². The number of carbonyl (C=O) groups excluding carboxylic acids is 1. The van der Waals surface area contributed by atoms with Gasteiger partial charge >= 0.3 is 0 Å². The molecule has 0 atom stereocenters. The lowest BCUT2D eigenvalue weighted by Crippen LogP contribution is -2.12. The molecule has 0 aliphatic rings. The zero-order valence-electron chi connectivity index (χ0n) is 17.9. The summed E-state index contributed by atoms with van der Waals surface area (Å²) in [6, 6.07) is 22.0. The van der Waals surface area contributed by atoms with Crippen molar-refractivity contribution in [3.63, 3.8) is 0 Å². The van der Waals surface area contributed by atoms with E-state index in [0.29, 0.717) is 18.5 Å². The first-order valence-electron chi connectivity index (χ1n) is 10.2. The Kier molecular flexibility index (Phi) is 6.01. The van der Waals surface area contributed by atoms with E-state index < -0.39 is 9.84 Å². The summed E-state index contributed by atoms with van der Waals surface area (Å²) in [5.74, 6) is 0.649. The number of hydrogen-bond donors (Lipinski definition) is 2. The van der Waals surface area contributed by atoms with Crippen molar-refractivity contribution in [1.82, 2.24) is 4.98 Å². The Morgan fingerprint density at radius 3 is 2.31 bits per heavy atom. The molecular weight excluding hydrogens is 424 g/mol. The van der Waals surface area contributed by atoms with Gasteiger partial charge in [0.2, 0.25) is 5.91 Å². The first-order valence-corrected chi connectivity index (χ1v) is 12.1. The van der Waals surface area contributed by atoms with Crippen molar-refractivity contribution in [2.45, 2.75) is 17.7 Å². The number of ether oxygens (including phenoxy) is 1. The first kappa shape index (κ1) is 21.6. The monoisotopic (exact) mass is 448 g/mol. The Hall–Kier alpha value is -3.58. The second kappa shape index (κ2) is 8.88. The van der Waals surface area contributed by atoms with Gasteiger partial charge in [0, 0.05) is 35.0 Å². The molecule has 0 spiro atoms. The van der Waals surface area contributed by atoms with Crippen LogP contribution < -0.4 is 10.1 Å². The Morgan fingerprint density at radius 2 is 1.66 bits per heavy atom. The van der Waals surface area contributed by atoms with Crippen molar-refractivity contribution in [2.75, 3.05) is 18.7 Å². The van der Waals surface area contributed by atoms with Crippen molar-refractivity contribution in [2.24, 2.45) is 0 Å². The highest BCUT2D eigenvalue weighted by molar-refractivity contribution is 7.90. The molecule has 0 saturated heterocycles. The minimum atomic E-state index is -3.27. The van der Waals surface area contributed by atoms with Gasteiger partial charge in [-0.2, -0.15) is 0 Å². The second-order valence-electron chi connectivity index (χ2n) is 7.60. The molecule has 0 fully saturated rings. The zero-order valence-corrected chi connectivity index (χ0v) is 18.7. The lowest BCUT2D eigenvalue weighted by Gasteiger charge is -2.08. The molecule has 0 bridgehead atoms. The molecule has 4 rings (SSSR count). The number of benzene rings is 3. The second-order valence-corrected chi connectivity index (χ2v) is 9.61. The molecule has 0 unspecified atom stereocenters. The molecule has 3 aromatic carbocycles. The molecule has 0 radical (unpaired) electrons. The fraction of sp³-hybridized carbons (Fsp3) is 0.160. The number of aromatic nitrogens is 1. The predicted octanol–water partition coefficient (Wildman–Crippen LogP) is 4.82. The minimum absolute atomic E-state index is 0.136. The van der Waals surface area contributed by atoms with E-state index in [0.717, 1.165) is 39.7 Å². The Morgan fingerprint density at radius 1 is 0.969 bits per heavy atom. The van der Waals surface area contributed by atoms with Crippen LogP contribution in [0.15, 0.2) is 77.7 Å². The number of para-hydroxylation sites is 1. The Balaban J connectivity index is 1.54. The van der Waals surface area contributed by atoms with Crippen LogP contribution in [0.3, 0.4) is 0 Å². The summed E-state index contributed by atoms with van der Waals surface area (Å²) in [5, 5.41) is 3.93. The molecule has 1 heterocycles. The van der Waals surface area contributed by atoms with Gasteiger partial charge in [-0.25, -0.2) is 8.42 Å². The SMILES string of the molecule is COc1ccc(-c2[nH]c3ccccc3c2CCC(=O)Nc2ccc(S(C)(=O)=O)cc2)cc1. The van der Waals surface area contributed by atoms with E-state index in [1.54, 1.807) is 19.2 Å². The third kappa shape index (κ3) is 4.68. The smallest absolute Gasteiger partial charge is 0.224 e. The third-order valence-electron chi connectivity index (χ3n) is 5.36. The topological polar surface area (TPSA) is 88.3 Å². The number of anilines is 1. The van der Waals surface area contributed by atoms with Crippen LogP contribution in [0.4, 0.5) is 5.69 Å². The lowest BCUT2D eigenvalue weighted by atomic mass is 10.0. The molecule has 0 aliphatic heterocycles. The third-order valence-corrected chi connectivity index (χ3v) is 6.49. The number of carbonyl (C=O) groups is 1. The number of aromatic amines is 1. The van der Waals surface area contributed by atoms with E-state index in [-0.39, 0.29) is 10.8 Å². The van der Waals surface area contributed by atoms with E-state index in [1.165, 1.54) is 12.1 Å². The van der Waals surface area contributed by atoms with Gasteiger partial charge in [0.25, 0.3) is 0 Å². The fourth-order valence-corrected chi connectivity index (χ4v) is 4.34. The summed E-state index contributed by atoms with van der Waals surface area (Å²) in [6.07, 6.45) is 2.00. The quantitative estimate of drug-likeness (QED) is 0.424. The zero-order chi connectivity index (χ0) is 22.7. The normalized spacial score (nSPS) is 11.4. The number of hydrogen-bond acceptors (Lipinski definition) is 4. The van der Waals surface area contributed by atoms with Crippen molar-refractivity contribution in [3.05, 3.63) is 78.4 Å². The molecule has 7 heteroatoms. The van der Waals surface area contributed by atoms with Gasteiger partial charge in [-0.05, 0) is 72.1 Å². The summed E-state index contributed by atoms with van der Waals surface area (Å²) < 4.78 is 28.4. The molecule has 1 amide bonds. The van der Waals surface area contributed by atoms with Gasteiger partial charge in [-0.1, -0.05) is 18.2 Å². The van der Waals surface area contributed by atoms with Crippen molar-refractivity contribution in [3.8, 4) is 17.0 Å². The number of nitrogens with one attached hydrogen (secondary N) is 2. The molecule has 6 nitrogen and oxygen atoms in total. The highest BCUT2D eigenvalue weighted by Crippen LogP contribution is 2.32. The van der Waals surface area contributed by atoms with E-state index >= 15 is 0 Å². The van der Waals surface area contributed by atoms with Crippen LogP contribution in [-0.2, 0) is 21.1 Å². The standard InChI is InChI=1S/C25H24N2O4S/c1-31-19-11-7-17(8-12-19)25-22(21-5-3-4-6-23(21)27-25)15-16-24(28)26-18-9-13-20(14-10-18)32(2,29)30/h3-14,27H,15-16H2,1-2H3,(H,26,28). The largest absolute Gasteiger partial charge is 0.497 e. The number of sulfone groups is 1. The molecule has 0 saturated carbocycles. The number of fused-ring (bicyclic) bond motifs is 1. The Bertz CT molecular complexity index is 1360. The fourth-order valence-electron chi connectivity index (χ4n) is 3.71. The van der Waals surface area contributed by atoms with Gasteiger partial charge in [-0.15, -0.1) is 0 Å². The molecule has 4 aromatic rings. The van der Waals surface area contributed by atoms with Crippen LogP contribution >= 0.6 is 0 Å². The average molecular weight is 449 g/mol. The minimum Gasteiger partial charge on any atom is -0.497 e. The van der Waals surface area contributed by atoms with Gasteiger partial charge in [0.1, 0.15) is 5.75 Å². The van der Waals surface area contributed by atoms with Crippen LogP contribution in [0.25, 0.3) is 22.2 Å². The maximum Gasteiger partial charge on any atom is 0.224 e. The summed E-state index contributed by atoms with van der Waals surface area (Å²) in [6.45, 7) is 0. The predicted molar refractivity (Wildman–Crippen MR) is 127 cm³/mol. The van der Waals surface area contributed by atoms with Crippen LogP contribution in [0.2, 0.25) is 0 Å². The molecule has 164 valence electrons. The van der Waals surface area contributed by atoms with Crippen LogP contribution in [-0.4, -0.2) is 32.7 Å². The van der Waals surface area contributed by atoms with Crippen molar-refractivity contribution >= 4 is 32.3 Å².